The summed E-state index contributed by atoms with van der Waals surface area (Å²) in [6.45, 7) is 0. The fourth-order valence-corrected chi connectivity index (χ4v) is 2.32. The van der Waals surface area contributed by atoms with Gasteiger partial charge < -0.3 is 0 Å². The number of benzene rings is 1. The molecule has 1 aromatic heterocycles. The monoisotopic (exact) mass is 209 g/mol. The third kappa shape index (κ3) is 1.40. The second kappa shape index (κ2) is 3.49. The topological polar surface area (TPSA) is 41.6 Å². The Morgan fingerprint density at radius 2 is 1.94 bits per heavy atom. The van der Waals surface area contributed by atoms with E-state index < -0.39 is 0 Å². The Balaban J connectivity index is 1.89. The summed E-state index contributed by atoms with van der Waals surface area (Å²) < 4.78 is 1.92. The molecule has 0 atom stereocenters. The van der Waals surface area contributed by atoms with E-state index in [1.54, 1.807) is 6.20 Å². The minimum atomic E-state index is 0.375. The molecule has 0 N–H and O–H groups in total. The van der Waals surface area contributed by atoms with Crippen LogP contribution in [0.2, 0.25) is 0 Å². The lowest BCUT2D eigenvalue weighted by atomic mass is 10.1. The van der Waals surface area contributed by atoms with E-state index in [2.05, 4.69) is 35.4 Å². The number of nitrogens with zero attached hydrogens (tertiary/aromatic N) is 3. The molecule has 0 saturated carbocycles. The highest BCUT2D eigenvalue weighted by molar-refractivity contribution is 5.33. The molecule has 0 saturated heterocycles. The van der Waals surface area contributed by atoms with E-state index in [0.29, 0.717) is 11.6 Å². The van der Waals surface area contributed by atoms with Gasteiger partial charge in [0.2, 0.25) is 0 Å². The van der Waals surface area contributed by atoms with Gasteiger partial charge in [-0.15, -0.1) is 0 Å². The smallest absolute Gasteiger partial charge is 0.102 e. The summed E-state index contributed by atoms with van der Waals surface area (Å²) in [4.78, 5) is 0. The normalized spacial score (nSPS) is 14.7. The van der Waals surface area contributed by atoms with Crippen LogP contribution in [0.3, 0.4) is 0 Å². The summed E-state index contributed by atoms with van der Waals surface area (Å²) in [5, 5.41) is 13.0. The Hall–Kier alpha value is -2.08. The Labute approximate surface area is 93.9 Å². The molecule has 1 aromatic carbocycles. The standard InChI is InChI=1S/C13H11N3/c14-7-10-8-15-16(9-10)13-5-11-3-1-2-4-12(11)6-13/h1-4,8-9,13H,5-6H2. The maximum atomic E-state index is 8.76. The van der Waals surface area contributed by atoms with Gasteiger partial charge >= 0.3 is 0 Å². The summed E-state index contributed by atoms with van der Waals surface area (Å²) in [6.07, 6.45) is 5.49. The van der Waals surface area contributed by atoms with Crippen molar-refractivity contribution in [2.24, 2.45) is 0 Å². The SMILES string of the molecule is N#Cc1cnn(C2Cc3ccccc3C2)c1. The molecular formula is C13H11N3. The van der Waals surface area contributed by atoms with Crippen molar-refractivity contribution in [3.63, 3.8) is 0 Å². The van der Waals surface area contributed by atoms with Crippen molar-refractivity contribution in [3.05, 3.63) is 53.3 Å². The molecule has 0 spiro atoms. The number of nitriles is 1. The predicted octanol–water partition coefficient (Wildman–Crippen LogP) is 2.09. The average Bonchev–Trinajstić information content (AvgIpc) is 2.95. The first-order valence-corrected chi connectivity index (χ1v) is 5.38. The molecule has 3 heteroatoms. The van der Waals surface area contributed by atoms with Gasteiger partial charge in [-0.1, -0.05) is 24.3 Å². The molecule has 0 amide bonds. The van der Waals surface area contributed by atoms with Gasteiger partial charge in [-0.3, -0.25) is 4.68 Å². The fourth-order valence-electron chi connectivity index (χ4n) is 2.32. The van der Waals surface area contributed by atoms with Crippen molar-refractivity contribution in [2.45, 2.75) is 18.9 Å². The van der Waals surface area contributed by atoms with E-state index in [1.807, 2.05) is 10.9 Å². The Morgan fingerprint density at radius 1 is 1.25 bits per heavy atom. The molecule has 3 nitrogen and oxygen atoms in total. The van der Waals surface area contributed by atoms with Gasteiger partial charge in [-0.05, 0) is 24.0 Å². The number of fused-ring (bicyclic) bond motifs is 1. The first-order valence-electron chi connectivity index (χ1n) is 5.38. The van der Waals surface area contributed by atoms with Crippen LogP contribution in [0.4, 0.5) is 0 Å². The molecule has 78 valence electrons. The molecule has 0 aliphatic heterocycles. The highest BCUT2D eigenvalue weighted by atomic mass is 15.3. The average molecular weight is 209 g/mol. The summed E-state index contributed by atoms with van der Waals surface area (Å²) >= 11 is 0. The molecule has 1 aliphatic carbocycles. The van der Waals surface area contributed by atoms with Crippen LogP contribution >= 0.6 is 0 Å². The molecule has 1 heterocycles. The van der Waals surface area contributed by atoms with Crippen LogP contribution in [0.5, 0.6) is 0 Å². The van der Waals surface area contributed by atoms with E-state index in [4.69, 9.17) is 5.26 Å². The van der Waals surface area contributed by atoms with Crippen molar-refractivity contribution in [3.8, 4) is 6.07 Å². The molecule has 3 rings (SSSR count). The van der Waals surface area contributed by atoms with Crippen LogP contribution in [0, 0.1) is 11.3 Å². The van der Waals surface area contributed by atoms with Crippen molar-refractivity contribution >= 4 is 0 Å². The lowest BCUT2D eigenvalue weighted by Crippen LogP contribution is -2.09. The molecule has 0 radical (unpaired) electrons. The highest BCUT2D eigenvalue weighted by Crippen LogP contribution is 2.29. The van der Waals surface area contributed by atoms with E-state index in [1.165, 1.54) is 11.1 Å². The van der Waals surface area contributed by atoms with E-state index in [0.717, 1.165) is 12.8 Å². The highest BCUT2D eigenvalue weighted by Gasteiger charge is 2.22. The third-order valence-corrected chi connectivity index (χ3v) is 3.13. The summed E-state index contributed by atoms with van der Waals surface area (Å²) in [5.41, 5.74) is 3.44. The van der Waals surface area contributed by atoms with Crippen LogP contribution in [-0.2, 0) is 12.8 Å². The first-order chi connectivity index (χ1) is 7.86. The Kier molecular flexibility index (Phi) is 2.00. The number of rotatable bonds is 1. The van der Waals surface area contributed by atoms with Gasteiger partial charge in [0.1, 0.15) is 6.07 Å². The summed E-state index contributed by atoms with van der Waals surface area (Å²) in [5.74, 6) is 0. The van der Waals surface area contributed by atoms with Crippen molar-refractivity contribution in [2.75, 3.05) is 0 Å². The van der Waals surface area contributed by atoms with Crippen LogP contribution in [0.25, 0.3) is 0 Å². The van der Waals surface area contributed by atoms with Crippen molar-refractivity contribution in [1.29, 1.82) is 5.26 Å². The number of aromatic nitrogens is 2. The molecule has 0 unspecified atom stereocenters. The maximum absolute atomic E-state index is 8.76. The van der Waals surface area contributed by atoms with Crippen LogP contribution in [0.1, 0.15) is 22.7 Å². The molecular weight excluding hydrogens is 198 g/mol. The predicted molar refractivity (Wildman–Crippen MR) is 59.8 cm³/mol. The summed E-state index contributed by atoms with van der Waals surface area (Å²) in [7, 11) is 0. The van der Waals surface area contributed by atoms with Gasteiger partial charge in [-0.2, -0.15) is 10.4 Å². The van der Waals surface area contributed by atoms with Crippen LogP contribution in [-0.4, -0.2) is 9.78 Å². The largest absolute Gasteiger partial charge is 0.268 e. The van der Waals surface area contributed by atoms with E-state index in [-0.39, 0.29) is 0 Å². The zero-order valence-corrected chi connectivity index (χ0v) is 8.80. The molecule has 0 bridgehead atoms. The number of hydrogen-bond donors (Lipinski definition) is 0. The van der Waals surface area contributed by atoms with Crippen molar-refractivity contribution in [1.82, 2.24) is 9.78 Å². The Morgan fingerprint density at radius 3 is 2.50 bits per heavy atom. The van der Waals surface area contributed by atoms with Gasteiger partial charge in [0.25, 0.3) is 0 Å². The minimum absolute atomic E-state index is 0.375. The van der Waals surface area contributed by atoms with E-state index >= 15 is 0 Å². The second-order valence-electron chi connectivity index (χ2n) is 4.15. The Bertz CT molecular complexity index is 538. The zero-order valence-electron chi connectivity index (χ0n) is 8.80. The molecule has 1 aliphatic rings. The molecule has 2 aromatic rings. The maximum Gasteiger partial charge on any atom is 0.102 e. The lowest BCUT2D eigenvalue weighted by Gasteiger charge is -2.08. The number of hydrogen-bond acceptors (Lipinski definition) is 2. The molecule has 16 heavy (non-hydrogen) atoms. The van der Waals surface area contributed by atoms with Crippen molar-refractivity contribution < 1.29 is 0 Å². The fraction of sp³-hybridized carbons (Fsp3) is 0.231. The van der Waals surface area contributed by atoms with Gasteiger partial charge in [-0.25, -0.2) is 0 Å². The summed E-state index contributed by atoms with van der Waals surface area (Å²) in [6, 6.07) is 11.0. The van der Waals surface area contributed by atoms with Gasteiger partial charge in [0.15, 0.2) is 0 Å². The van der Waals surface area contributed by atoms with E-state index in [9.17, 15) is 0 Å². The third-order valence-electron chi connectivity index (χ3n) is 3.13. The van der Waals surface area contributed by atoms with Crippen LogP contribution in [0.15, 0.2) is 36.7 Å². The first kappa shape index (κ1) is 9.17. The second-order valence-corrected chi connectivity index (χ2v) is 4.15. The van der Waals surface area contributed by atoms with Crippen LogP contribution < -0.4 is 0 Å². The lowest BCUT2D eigenvalue weighted by molar-refractivity contribution is 0.475. The van der Waals surface area contributed by atoms with Gasteiger partial charge in [0, 0.05) is 6.20 Å². The molecule has 0 fully saturated rings. The quantitative estimate of drug-likeness (QED) is 0.721. The van der Waals surface area contributed by atoms with Gasteiger partial charge in [0.05, 0.1) is 17.8 Å². The zero-order chi connectivity index (χ0) is 11.0. The minimum Gasteiger partial charge on any atom is -0.268 e.